The Labute approximate surface area is 64.5 Å². The molecule has 0 amide bonds. The summed E-state index contributed by atoms with van der Waals surface area (Å²) in [6, 6.07) is 0. The third-order valence-electron chi connectivity index (χ3n) is 1.83. The van der Waals surface area contributed by atoms with Crippen molar-refractivity contribution in [3.8, 4) is 5.69 Å². The summed E-state index contributed by atoms with van der Waals surface area (Å²) in [6.07, 6.45) is 0. The van der Waals surface area contributed by atoms with Crippen molar-refractivity contribution in [2.45, 2.75) is 26.9 Å². The first-order valence-electron chi connectivity index (χ1n) is 3.74. The van der Waals surface area contributed by atoms with Crippen LogP contribution in [0.3, 0.4) is 0 Å². The van der Waals surface area contributed by atoms with Crippen LogP contribution in [0.4, 0.5) is 0 Å². The first-order valence-corrected chi connectivity index (χ1v) is 6.69. The van der Waals surface area contributed by atoms with Gasteiger partial charge in [0.15, 0.2) is 0 Å². The van der Waals surface area contributed by atoms with Gasteiger partial charge in [-0.3, -0.25) is 0 Å². The minimum Gasteiger partial charge on any atom is -0.313 e. The molecule has 0 aliphatic heterocycles. The van der Waals surface area contributed by atoms with Gasteiger partial charge in [0, 0.05) is 5.69 Å². The fourth-order valence-corrected chi connectivity index (χ4v) is 2.81. The molecule has 0 atom stereocenters. The first-order chi connectivity index (χ1) is 4.58. The lowest BCUT2D eigenvalue weighted by Gasteiger charge is -2.28. The molecule has 0 aromatic carbocycles. The van der Waals surface area contributed by atoms with Crippen LogP contribution in [0.1, 0.15) is 13.8 Å². The second-order valence-electron chi connectivity index (χ2n) is 2.84. The largest absolute Gasteiger partial charge is 0.313 e. The number of nitrogens with zero attached hydrogens (tertiary/aromatic N) is 2. The van der Waals surface area contributed by atoms with Crippen LogP contribution in [0.2, 0.25) is 13.1 Å². The van der Waals surface area contributed by atoms with Gasteiger partial charge in [0.1, 0.15) is 0 Å². The van der Waals surface area contributed by atoms with Crippen molar-refractivity contribution in [3.05, 3.63) is 0 Å². The van der Waals surface area contributed by atoms with E-state index < -0.39 is 8.24 Å². The highest BCUT2D eigenvalue weighted by Crippen LogP contribution is 2.06. The second-order valence-corrected chi connectivity index (χ2v) is 6.82. The fourth-order valence-electron chi connectivity index (χ4n) is 1.08. The zero-order valence-electron chi connectivity index (χ0n) is 7.31. The normalized spacial score (nSPS) is 11.6. The highest BCUT2D eigenvalue weighted by atomic mass is 28.3. The zero-order chi connectivity index (χ0) is 8.20. The molecule has 58 valence electrons. The van der Waals surface area contributed by atoms with Crippen LogP contribution < -0.4 is 0 Å². The van der Waals surface area contributed by atoms with Crippen LogP contribution in [-0.4, -0.2) is 25.9 Å². The minimum atomic E-state index is -1.67. The molecular formula is C7H16N2Si. The van der Waals surface area contributed by atoms with Crippen LogP contribution in [0, 0.1) is 11.0 Å². The SMILES string of the molecule is CCN(CC)[Si](C)(C)C#N. The molecule has 0 unspecified atom stereocenters. The predicted molar refractivity (Wildman–Crippen MR) is 46.0 cm³/mol. The van der Waals surface area contributed by atoms with Gasteiger partial charge in [-0.1, -0.05) is 13.8 Å². The maximum Gasteiger partial charge on any atom is 0.240 e. The summed E-state index contributed by atoms with van der Waals surface area (Å²) in [7, 11) is -1.67. The van der Waals surface area contributed by atoms with Crippen molar-refractivity contribution in [3.63, 3.8) is 0 Å². The first kappa shape index (κ1) is 9.67. The van der Waals surface area contributed by atoms with E-state index in [1.807, 2.05) is 0 Å². The van der Waals surface area contributed by atoms with Crippen LogP contribution >= 0.6 is 0 Å². The Balaban J connectivity index is 4.15. The van der Waals surface area contributed by atoms with Crippen molar-refractivity contribution in [1.29, 1.82) is 5.26 Å². The lowest BCUT2D eigenvalue weighted by Crippen LogP contribution is -2.47. The van der Waals surface area contributed by atoms with Gasteiger partial charge in [-0.15, -0.1) is 0 Å². The smallest absolute Gasteiger partial charge is 0.240 e. The van der Waals surface area contributed by atoms with Crippen LogP contribution in [0.25, 0.3) is 0 Å². The predicted octanol–water partition coefficient (Wildman–Crippen LogP) is 1.60. The molecule has 0 radical (unpaired) electrons. The topological polar surface area (TPSA) is 27.0 Å². The summed E-state index contributed by atoms with van der Waals surface area (Å²) in [5.74, 6) is 0. The lowest BCUT2D eigenvalue weighted by molar-refractivity contribution is 0.474. The molecule has 0 fully saturated rings. The molecule has 10 heavy (non-hydrogen) atoms. The molecule has 0 spiro atoms. The summed E-state index contributed by atoms with van der Waals surface area (Å²) in [4.78, 5) is 0. The fraction of sp³-hybridized carbons (Fsp3) is 0.857. The molecule has 0 saturated heterocycles. The highest BCUT2D eigenvalue weighted by molar-refractivity contribution is 6.81. The summed E-state index contributed by atoms with van der Waals surface area (Å²) in [5, 5.41) is 8.80. The highest BCUT2D eigenvalue weighted by Gasteiger charge is 2.26. The molecule has 0 rings (SSSR count). The third-order valence-corrected chi connectivity index (χ3v) is 4.59. The number of nitriles is 1. The number of hydrogen-bond acceptors (Lipinski definition) is 2. The number of hydrogen-bond donors (Lipinski definition) is 0. The summed E-state index contributed by atoms with van der Waals surface area (Å²) in [6.45, 7) is 10.4. The summed E-state index contributed by atoms with van der Waals surface area (Å²) >= 11 is 0. The van der Waals surface area contributed by atoms with E-state index in [2.05, 4.69) is 37.2 Å². The van der Waals surface area contributed by atoms with E-state index in [-0.39, 0.29) is 0 Å². The molecule has 0 N–H and O–H groups in total. The molecule has 0 bridgehead atoms. The Bertz CT molecular complexity index is 133. The van der Waals surface area contributed by atoms with Gasteiger partial charge in [0.05, 0.1) is 0 Å². The van der Waals surface area contributed by atoms with E-state index in [4.69, 9.17) is 5.26 Å². The van der Waals surface area contributed by atoms with Crippen molar-refractivity contribution in [2.75, 3.05) is 13.1 Å². The second kappa shape index (κ2) is 3.74. The average molecular weight is 156 g/mol. The Morgan fingerprint density at radius 3 is 1.80 bits per heavy atom. The van der Waals surface area contributed by atoms with E-state index in [0.717, 1.165) is 13.1 Å². The number of rotatable bonds is 3. The van der Waals surface area contributed by atoms with Gasteiger partial charge in [-0.2, -0.15) is 0 Å². The van der Waals surface area contributed by atoms with Crippen molar-refractivity contribution in [1.82, 2.24) is 4.57 Å². The molecule has 2 nitrogen and oxygen atoms in total. The Morgan fingerprint density at radius 1 is 1.30 bits per heavy atom. The Kier molecular flexibility index (Phi) is 3.62. The van der Waals surface area contributed by atoms with Gasteiger partial charge >= 0.3 is 0 Å². The Hall–Kier alpha value is -0.333. The Morgan fingerprint density at radius 2 is 1.70 bits per heavy atom. The van der Waals surface area contributed by atoms with Crippen molar-refractivity contribution < 1.29 is 0 Å². The minimum absolute atomic E-state index is 1.00. The molecular weight excluding hydrogens is 140 g/mol. The van der Waals surface area contributed by atoms with E-state index in [0.29, 0.717) is 0 Å². The van der Waals surface area contributed by atoms with Gasteiger partial charge < -0.3 is 4.57 Å². The van der Waals surface area contributed by atoms with E-state index >= 15 is 0 Å². The molecule has 0 aromatic heterocycles. The maximum absolute atomic E-state index is 8.80. The van der Waals surface area contributed by atoms with Crippen LogP contribution in [0.5, 0.6) is 0 Å². The lowest BCUT2D eigenvalue weighted by atomic mass is 10.7. The monoisotopic (exact) mass is 156 g/mol. The molecule has 0 saturated carbocycles. The molecule has 0 aliphatic rings. The third kappa shape index (κ3) is 2.12. The van der Waals surface area contributed by atoms with Crippen molar-refractivity contribution >= 4 is 8.24 Å². The summed E-state index contributed by atoms with van der Waals surface area (Å²) in [5.41, 5.74) is 2.41. The van der Waals surface area contributed by atoms with Gasteiger partial charge in [-0.05, 0) is 26.2 Å². The van der Waals surface area contributed by atoms with E-state index in [1.165, 1.54) is 0 Å². The summed E-state index contributed by atoms with van der Waals surface area (Å²) < 4.78 is 2.27. The van der Waals surface area contributed by atoms with Gasteiger partial charge in [0.2, 0.25) is 8.24 Å². The average Bonchev–Trinajstić information content (AvgIpc) is 1.90. The quantitative estimate of drug-likeness (QED) is 0.580. The van der Waals surface area contributed by atoms with Gasteiger partial charge in [0.25, 0.3) is 0 Å². The van der Waals surface area contributed by atoms with Crippen LogP contribution in [-0.2, 0) is 0 Å². The van der Waals surface area contributed by atoms with E-state index in [9.17, 15) is 0 Å². The standard InChI is InChI=1S/C7H16N2Si/c1-5-9(6-2)10(3,4)7-8/h5-6H2,1-4H3. The molecule has 0 heterocycles. The van der Waals surface area contributed by atoms with E-state index in [1.54, 1.807) is 0 Å². The molecule has 3 heteroatoms. The molecule has 0 aromatic rings. The van der Waals surface area contributed by atoms with Gasteiger partial charge in [-0.25, -0.2) is 5.26 Å². The zero-order valence-corrected chi connectivity index (χ0v) is 8.31. The van der Waals surface area contributed by atoms with Crippen LogP contribution in [0.15, 0.2) is 0 Å². The molecule has 0 aliphatic carbocycles. The van der Waals surface area contributed by atoms with Crippen molar-refractivity contribution in [2.24, 2.45) is 0 Å². The maximum atomic E-state index is 8.80.